The van der Waals surface area contributed by atoms with Crippen molar-refractivity contribution in [2.75, 3.05) is 5.32 Å². The van der Waals surface area contributed by atoms with Crippen LogP contribution in [0.1, 0.15) is 25.7 Å². The molecule has 0 aromatic heterocycles. The van der Waals surface area contributed by atoms with Crippen LogP contribution in [0.25, 0.3) is 0 Å². The van der Waals surface area contributed by atoms with E-state index in [0.717, 1.165) is 6.07 Å². The first-order chi connectivity index (χ1) is 11.6. The van der Waals surface area contributed by atoms with Gasteiger partial charge in [0.1, 0.15) is 5.75 Å². The molecule has 0 radical (unpaired) electrons. The number of ether oxygens (including phenoxy) is 1. The molecule has 2 rings (SSSR count). The summed E-state index contributed by atoms with van der Waals surface area (Å²) in [7, 11) is 0. The number of carbonyl (C=O) groups is 1. The molecule has 1 aliphatic carbocycles. The molecule has 140 valence electrons. The first kappa shape index (κ1) is 19.6. The van der Waals surface area contributed by atoms with Crippen molar-refractivity contribution < 1.29 is 31.5 Å². The summed E-state index contributed by atoms with van der Waals surface area (Å²) in [6.07, 6.45) is -3.54. The lowest BCUT2D eigenvalue weighted by Gasteiger charge is -2.31. The molecule has 1 saturated carbocycles. The second kappa shape index (κ2) is 8.07. The zero-order chi connectivity index (χ0) is 18.6. The fraction of sp³-hybridized carbons (Fsp3) is 0.533. The molecule has 4 nitrogen and oxygen atoms in total. The monoisotopic (exact) mass is 386 g/mol. The van der Waals surface area contributed by atoms with E-state index in [9.17, 15) is 26.7 Å². The molecular formula is C15H16ClF5N2O2. The zero-order valence-electron chi connectivity index (χ0n) is 12.9. The Labute approximate surface area is 145 Å². The van der Waals surface area contributed by atoms with E-state index in [0.29, 0.717) is 12.8 Å². The van der Waals surface area contributed by atoms with E-state index in [1.807, 2.05) is 0 Å². The van der Waals surface area contributed by atoms with Crippen molar-refractivity contribution in [3.63, 3.8) is 0 Å². The summed E-state index contributed by atoms with van der Waals surface area (Å²) in [5.74, 6) is -1.67. The molecule has 1 aromatic carbocycles. The van der Waals surface area contributed by atoms with Crippen LogP contribution in [0.15, 0.2) is 18.2 Å². The third-order valence-corrected chi connectivity index (χ3v) is 4.17. The van der Waals surface area contributed by atoms with Crippen LogP contribution >= 0.6 is 11.6 Å². The normalized spacial score (nSPS) is 21.1. The van der Waals surface area contributed by atoms with E-state index in [1.165, 1.54) is 12.1 Å². The third kappa shape index (κ3) is 5.91. The van der Waals surface area contributed by atoms with Crippen LogP contribution in [0.4, 0.5) is 32.4 Å². The highest BCUT2D eigenvalue weighted by Gasteiger charge is 2.42. The van der Waals surface area contributed by atoms with Gasteiger partial charge < -0.3 is 15.4 Å². The number of alkyl halides is 5. The van der Waals surface area contributed by atoms with Gasteiger partial charge in [0.25, 0.3) is 0 Å². The Hall–Kier alpha value is -1.77. The summed E-state index contributed by atoms with van der Waals surface area (Å²) in [5.41, 5.74) is 0.201. The first-order valence-electron chi connectivity index (χ1n) is 7.53. The van der Waals surface area contributed by atoms with Crippen LogP contribution in [0.2, 0.25) is 5.02 Å². The van der Waals surface area contributed by atoms with E-state index >= 15 is 0 Å². The quantitative estimate of drug-likeness (QED) is 0.700. The number of halogens is 6. The summed E-state index contributed by atoms with van der Waals surface area (Å²) in [6, 6.07) is 2.38. The van der Waals surface area contributed by atoms with E-state index in [4.69, 9.17) is 11.6 Å². The van der Waals surface area contributed by atoms with Gasteiger partial charge in [0.2, 0.25) is 0 Å². The standard InChI is InChI=1S/C15H16ClF5N2O2/c16-11-7-10(4-5-12(11)25-13(17)18)23-14(24)22-9-3-1-2-8(6-9)15(19,20)21/h4-5,7-9,13H,1-3,6H2,(H2,22,23,24). The van der Waals surface area contributed by atoms with Crippen molar-refractivity contribution in [3.8, 4) is 5.75 Å². The first-order valence-corrected chi connectivity index (χ1v) is 7.91. The summed E-state index contributed by atoms with van der Waals surface area (Å²) in [5, 5.41) is 4.77. The zero-order valence-corrected chi connectivity index (χ0v) is 13.6. The molecule has 0 heterocycles. The minimum atomic E-state index is -4.27. The third-order valence-electron chi connectivity index (χ3n) is 3.88. The summed E-state index contributed by atoms with van der Waals surface area (Å²) in [4.78, 5) is 11.9. The highest BCUT2D eigenvalue weighted by molar-refractivity contribution is 6.32. The number of hydrogen-bond donors (Lipinski definition) is 2. The average Bonchev–Trinajstić information content (AvgIpc) is 2.49. The number of hydrogen-bond acceptors (Lipinski definition) is 2. The van der Waals surface area contributed by atoms with Crippen LogP contribution in [0, 0.1) is 5.92 Å². The Morgan fingerprint density at radius 1 is 1.28 bits per heavy atom. The molecule has 10 heteroatoms. The van der Waals surface area contributed by atoms with Crippen molar-refractivity contribution in [2.24, 2.45) is 5.92 Å². The van der Waals surface area contributed by atoms with E-state index in [-0.39, 0.29) is 29.3 Å². The SMILES string of the molecule is O=C(Nc1ccc(OC(F)F)c(Cl)c1)NC1CCCC(C(F)(F)F)C1. The minimum absolute atomic E-state index is 0.0600. The van der Waals surface area contributed by atoms with Crippen molar-refractivity contribution in [1.29, 1.82) is 0 Å². The molecule has 1 fully saturated rings. The maximum absolute atomic E-state index is 12.8. The van der Waals surface area contributed by atoms with Crippen LogP contribution in [0.5, 0.6) is 5.75 Å². The summed E-state index contributed by atoms with van der Waals surface area (Å²) in [6.45, 7) is -3.03. The number of nitrogens with one attached hydrogen (secondary N) is 2. The second-order valence-corrected chi connectivity index (χ2v) is 6.13. The molecule has 0 aliphatic heterocycles. The fourth-order valence-electron chi connectivity index (χ4n) is 2.74. The Bertz CT molecular complexity index is 612. The number of anilines is 1. The highest BCUT2D eigenvalue weighted by Crippen LogP contribution is 2.37. The van der Waals surface area contributed by atoms with Gasteiger partial charge in [0.05, 0.1) is 10.9 Å². The largest absolute Gasteiger partial charge is 0.433 e. The Morgan fingerprint density at radius 2 is 2.00 bits per heavy atom. The Balaban J connectivity index is 1.91. The van der Waals surface area contributed by atoms with E-state index < -0.39 is 30.8 Å². The lowest BCUT2D eigenvalue weighted by atomic mass is 9.85. The maximum atomic E-state index is 12.8. The average molecular weight is 387 g/mol. The summed E-state index contributed by atoms with van der Waals surface area (Å²) < 4.78 is 66.8. The van der Waals surface area contributed by atoms with Crippen LogP contribution < -0.4 is 15.4 Å². The Kier molecular flexibility index (Phi) is 6.31. The number of benzene rings is 1. The van der Waals surface area contributed by atoms with Gasteiger partial charge in [-0.25, -0.2) is 4.79 Å². The van der Waals surface area contributed by atoms with Crippen molar-refractivity contribution in [2.45, 2.75) is 44.5 Å². The molecule has 0 bridgehead atoms. The van der Waals surface area contributed by atoms with Crippen LogP contribution in [-0.4, -0.2) is 24.9 Å². The molecule has 1 aliphatic rings. The van der Waals surface area contributed by atoms with Crippen LogP contribution in [0.3, 0.4) is 0 Å². The predicted molar refractivity (Wildman–Crippen MR) is 82.0 cm³/mol. The molecule has 25 heavy (non-hydrogen) atoms. The molecule has 1 aromatic rings. The smallest absolute Gasteiger partial charge is 0.391 e. The van der Waals surface area contributed by atoms with Gasteiger partial charge in [-0.2, -0.15) is 22.0 Å². The van der Waals surface area contributed by atoms with Gasteiger partial charge in [-0.05, 0) is 37.5 Å². The molecule has 2 atom stereocenters. The van der Waals surface area contributed by atoms with Gasteiger partial charge in [-0.15, -0.1) is 0 Å². The molecule has 2 unspecified atom stereocenters. The lowest BCUT2D eigenvalue weighted by molar-refractivity contribution is -0.183. The Morgan fingerprint density at radius 3 is 2.60 bits per heavy atom. The van der Waals surface area contributed by atoms with Gasteiger partial charge in [-0.3, -0.25) is 0 Å². The molecule has 2 N–H and O–H groups in total. The predicted octanol–water partition coefficient (Wildman–Crippen LogP) is 5.18. The second-order valence-electron chi connectivity index (χ2n) is 5.72. The molecule has 0 saturated heterocycles. The van der Waals surface area contributed by atoms with Crippen LogP contribution in [-0.2, 0) is 0 Å². The number of carbonyl (C=O) groups excluding carboxylic acids is 1. The van der Waals surface area contributed by atoms with Gasteiger partial charge >= 0.3 is 18.8 Å². The van der Waals surface area contributed by atoms with E-state index in [1.54, 1.807) is 0 Å². The molecule has 2 amide bonds. The van der Waals surface area contributed by atoms with E-state index in [2.05, 4.69) is 15.4 Å². The number of urea groups is 1. The number of rotatable bonds is 4. The molecule has 0 spiro atoms. The van der Waals surface area contributed by atoms with Gasteiger partial charge in [0.15, 0.2) is 0 Å². The minimum Gasteiger partial charge on any atom is -0.433 e. The number of amides is 2. The van der Waals surface area contributed by atoms with Gasteiger partial charge in [-0.1, -0.05) is 18.0 Å². The molecular weight excluding hydrogens is 371 g/mol. The highest BCUT2D eigenvalue weighted by atomic mass is 35.5. The maximum Gasteiger partial charge on any atom is 0.391 e. The van der Waals surface area contributed by atoms with Gasteiger partial charge in [0, 0.05) is 11.7 Å². The summed E-state index contributed by atoms with van der Waals surface area (Å²) >= 11 is 5.76. The van der Waals surface area contributed by atoms with Crippen molar-refractivity contribution in [3.05, 3.63) is 23.2 Å². The van der Waals surface area contributed by atoms with Crippen molar-refractivity contribution in [1.82, 2.24) is 5.32 Å². The van der Waals surface area contributed by atoms with Crippen molar-refractivity contribution >= 4 is 23.3 Å². The lowest BCUT2D eigenvalue weighted by Crippen LogP contribution is -2.43. The topological polar surface area (TPSA) is 50.4 Å². The fourth-order valence-corrected chi connectivity index (χ4v) is 2.97.